The lowest BCUT2D eigenvalue weighted by atomic mass is 10.1. The molecule has 2 rings (SSSR count). The molecule has 0 bridgehead atoms. The molecule has 0 atom stereocenters. The average Bonchev–Trinajstić information content (AvgIpc) is 2.65. The number of ketones is 1. The number of carbonyl (C=O) groups excluding carboxylic acids is 1. The van der Waals surface area contributed by atoms with E-state index in [4.69, 9.17) is 0 Å². The van der Waals surface area contributed by atoms with Gasteiger partial charge in [-0.1, -0.05) is 0 Å². The third-order valence-electron chi connectivity index (χ3n) is 2.01. The van der Waals surface area contributed by atoms with Gasteiger partial charge in [-0.2, -0.15) is 5.10 Å². The van der Waals surface area contributed by atoms with Gasteiger partial charge in [0.05, 0.1) is 11.8 Å². The van der Waals surface area contributed by atoms with E-state index in [-0.39, 0.29) is 5.78 Å². The highest BCUT2D eigenvalue weighted by Gasteiger charge is 2.08. The van der Waals surface area contributed by atoms with E-state index in [9.17, 15) is 4.79 Å². The van der Waals surface area contributed by atoms with E-state index in [2.05, 4.69) is 15.1 Å². The third kappa shape index (κ3) is 2.25. The van der Waals surface area contributed by atoms with Gasteiger partial charge < -0.3 is 0 Å². The van der Waals surface area contributed by atoms with E-state index >= 15 is 0 Å². The Balaban J connectivity index is 2.11. The molecule has 0 spiro atoms. The van der Waals surface area contributed by atoms with E-state index in [0.717, 1.165) is 5.56 Å². The number of carbonyl (C=O) groups is 1. The van der Waals surface area contributed by atoms with Gasteiger partial charge in [-0.3, -0.25) is 9.48 Å². The molecule has 0 amide bonds. The molecule has 0 aliphatic heterocycles. The van der Waals surface area contributed by atoms with Crippen LogP contribution in [0.25, 0.3) is 0 Å². The molecule has 0 aliphatic rings. The van der Waals surface area contributed by atoms with Crippen molar-refractivity contribution in [3.05, 3.63) is 42.2 Å². The predicted octanol–water partition coefficient (Wildman–Crippen LogP) is 0.635. The van der Waals surface area contributed by atoms with Gasteiger partial charge in [0.2, 0.25) is 0 Å². The Bertz CT molecular complexity index is 463. The Labute approximate surface area is 86.8 Å². The molecule has 2 aromatic rings. The second kappa shape index (κ2) is 4.00. The van der Waals surface area contributed by atoms with Crippen LogP contribution >= 0.6 is 0 Å². The van der Waals surface area contributed by atoms with Crippen molar-refractivity contribution in [3.8, 4) is 0 Å². The SMILES string of the molecule is Cn1cc(CC(=O)c2cncnc2)cn1. The van der Waals surface area contributed by atoms with Gasteiger partial charge in [-0.05, 0) is 5.56 Å². The normalized spacial score (nSPS) is 10.2. The minimum Gasteiger partial charge on any atom is -0.294 e. The van der Waals surface area contributed by atoms with Gasteiger partial charge >= 0.3 is 0 Å². The van der Waals surface area contributed by atoms with E-state index in [1.807, 2.05) is 13.2 Å². The molecule has 5 nitrogen and oxygen atoms in total. The highest BCUT2D eigenvalue weighted by molar-refractivity contribution is 5.96. The molecular weight excluding hydrogens is 192 g/mol. The lowest BCUT2D eigenvalue weighted by Gasteiger charge is -1.96. The van der Waals surface area contributed by atoms with Gasteiger partial charge in [0.1, 0.15) is 6.33 Å². The Morgan fingerprint density at radius 3 is 2.67 bits per heavy atom. The highest BCUT2D eigenvalue weighted by Crippen LogP contribution is 2.04. The fraction of sp³-hybridized carbons (Fsp3) is 0.200. The minimum absolute atomic E-state index is 0.00333. The van der Waals surface area contributed by atoms with E-state index in [1.165, 1.54) is 18.7 Å². The Morgan fingerprint density at radius 2 is 2.07 bits per heavy atom. The molecule has 76 valence electrons. The Kier molecular flexibility index (Phi) is 2.53. The summed E-state index contributed by atoms with van der Waals surface area (Å²) in [6, 6.07) is 0. The van der Waals surface area contributed by atoms with Crippen molar-refractivity contribution >= 4 is 5.78 Å². The summed E-state index contributed by atoms with van der Waals surface area (Å²) >= 11 is 0. The summed E-state index contributed by atoms with van der Waals surface area (Å²) in [5.74, 6) is 0.00333. The molecule has 0 aliphatic carbocycles. The van der Waals surface area contributed by atoms with E-state index in [0.29, 0.717) is 12.0 Å². The standard InChI is InChI=1S/C10H10N4O/c1-14-6-8(3-13-14)2-10(15)9-4-11-7-12-5-9/h3-7H,2H2,1H3. The number of nitrogens with zero attached hydrogens (tertiary/aromatic N) is 4. The first-order chi connectivity index (χ1) is 7.25. The van der Waals surface area contributed by atoms with Crippen molar-refractivity contribution in [1.82, 2.24) is 19.7 Å². The molecule has 0 N–H and O–H groups in total. The van der Waals surface area contributed by atoms with E-state index < -0.39 is 0 Å². The molecule has 2 aromatic heterocycles. The van der Waals surface area contributed by atoms with Crippen LogP contribution in [0.5, 0.6) is 0 Å². The van der Waals surface area contributed by atoms with Crippen molar-refractivity contribution in [1.29, 1.82) is 0 Å². The van der Waals surface area contributed by atoms with Crippen LogP contribution in [0.3, 0.4) is 0 Å². The summed E-state index contributed by atoms with van der Waals surface area (Å²) in [7, 11) is 1.82. The van der Waals surface area contributed by atoms with Crippen LogP contribution in [0.1, 0.15) is 15.9 Å². The molecule has 0 saturated carbocycles. The first kappa shape index (κ1) is 9.51. The molecule has 0 aromatic carbocycles. The van der Waals surface area contributed by atoms with Crippen molar-refractivity contribution < 1.29 is 4.79 Å². The van der Waals surface area contributed by atoms with Gasteiger partial charge in [-0.15, -0.1) is 0 Å². The molecule has 15 heavy (non-hydrogen) atoms. The lowest BCUT2D eigenvalue weighted by molar-refractivity contribution is 0.0992. The number of Topliss-reactive ketones (excluding diaryl/α,β-unsaturated/α-hetero) is 1. The second-order valence-electron chi connectivity index (χ2n) is 3.25. The lowest BCUT2D eigenvalue weighted by Crippen LogP contribution is -2.03. The van der Waals surface area contributed by atoms with Crippen molar-refractivity contribution in [2.24, 2.45) is 7.05 Å². The first-order valence-corrected chi connectivity index (χ1v) is 4.51. The molecule has 0 radical (unpaired) electrons. The number of hydrogen-bond acceptors (Lipinski definition) is 4. The highest BCUT2D eigenvalue weighted by atomic mass is 16.1. The largest absolute Gasteiger partial charge is 0.294 e. The summed E-state index contributed by atoms with van der Waals surface area (Å²) in [6.45, 7) is 0. The van der Waals surface area contributed by atoms with Crippen molar-refractivity contribution in [2.75, 3.05) is 0 Å². The maximum atomic E-state index is 11.7. The smallest absolute Gasteiger partial charge is 0.170 e. The maximum Gasteiger partial charge on any atom is 0.170 e. The van der Waals surface area contributed by atoms with Crippen LogP contribution < -0.4 is 0 Å². The fourth-order valence-electron chi connectivity index (χ4n) is 1.29. The van der Waals surface area contributed by atoms with E-state index in [1.54, 1.807) is 10.9 Å². The average molecular weight is 202 g/mol. The Hall–Kier alpha value is -2.04. The minimum atomic E-state index is 0.00333. The monoisotopic (exact) mass is 202 g/mol. The van der Waals surface area contributed by atoms with Crippen LogP contribution in [-0.4, -0.2) is 25.5 Å². The number of aromatic nitrogens is 4. The molecule has 2 heterocycles. The first-order valence-electron chi connectivity index (χ1n) is 4.51. The van der Waals surface area contributed by atoms with Crippen LogP contribution in [0.15, 0.2) is 31.1 Å². The second-order valence-corrected chi connectivity index (χ2v) is 3.25. The van der Waals surface area contributed by atoms with Gasteiger partial charge in [-0.25, -0.2) is 9.97 Å². The molecule has 0 unspecified atom stereocenters. The fourth-order valence-corrected chi connectivity index (χ4v) is 1.29. The molecule has 0 fully saturated rings. The Morgan fingerprint density at radius 1 is 1.33 bits per heavy atom. The maximum absolute atomic E-state index is 11.7. The van der Waals surface area contributed by atoms with Gasteiger partial charge in [0, 0.05) is 32.1 Å². The van der Waals surface area contributed by atoms with Gasteiger partial charge in [0.15, 0.2) is 5.78 Å². The zero-order valence-corrected chi connectivity index (χ0v) is 8.29. The van der Waals surface area contributed by atoms with Crippen LogP contribution in [-0.2, 0) is 13.5 Å². The summed E-state index contributed by atoms with van der Waals surface area (Å²) in [6.07, 6.45) is 8.28. The van der Waals surface area contributed by atoms with Crippen LogP contribution in [0, 0.1) is 0 Å². The summed E-state index contributed by atoms with van der Waals surface area (Å²) < 4.78 is 1.67. The zero-order valence-electron chi connectivity index (χ0n) is 8.29. The summed E-state index contributed by atoms with van der Waals surface area (Å²) in [5.41, 5.74) is 1.42. The zero-order chi connectivity index (χ0) is 10.7. The van der Waals surface area contributed by atoms with Crippen molar-refractivity contribution in [2.45, 2.75) is 6.42 Å². The summed E-state index contributed by atoms with van der Waals surface area (Å²) in [5, 5.41) is 4.00. The summed E-state index contributed by atoms with van der Waals surface area (Å²) in [4.78, 5) is 19.3. The van der Waals surface area contributed by atoms with Crippen molar-refractivity contribution in [3.63, 3.8) is 0 Å². The predicted molar refractivity (Wildman–Crippen MR) is 53.3 cm³/mol. The van der Waals surface area contributed by atoms with Crippen LogP contribution in [0.2, 0.25) is 0 Å². The van der Waals surface area contributed by atoms with Gasteiger partial charge in [0.25, 0.3) is 0 Å². The molecular formula is C10H10N4O. The number of aryl methyl sites for hydroxylation is 1. The molecule has 5 heteroatoms. The van der Waals surface area contributed by atoms with Crippen LogP contribution in [0.4, 0.5) is 0 Å². The molecule has 0 saturated heterocycles. The quantitative estimate of drug-likeness (QED) is 0.685. The third-order valence-corrected chi connectivity index (χ3v) is 2.01. The number of hydrogen-bond donors (Lipinski definition) is 0. The topological polar surface area (TPSA) is 60.7 Å². The number of rotatable bonds is 3.